The van der Waals surface area contributed by atoms with Gasteiger partial charge in [-0.1, -0.05) is 165 Å². The van der Waals surface area contributed by atoms with E-state index in [1.807, 2.05) is 0 Å². The largest absolute Gasteiger partial charge is 0.461 e. The van der Waals surface area contributed by atoms with Crippen LogP contribution < -0.4 is 0 Å². The van der Waals surface area contributed by atoms with Crippen molar-refractivity contribution in [2.75, 3.05) is 0 Å². The van der Waals surface area contributed by atoms with E-state index in [9.17, 15) is 0 Å². The molecule has 6 aromatic rings. The van der Waals surface area contributed by atoms with E-state index in [4.69, 9.17) is 9.72 Å². The third-order valence-corrected chi connectivity index (χ3v) is 12.9. The topological polar surface area (TPSA) is 22.1 Å². The average molecular weight is 734 g/mol. The van der Waals surface area contributed by atoms with Crippen molar-refractivity contribution in [2.45, 2.75) is 38.0 Å². The summed E-state index contributed by atoms with van der Waals surface area (Å²) < 4.78 is 7.09. The molecule has 0 N–H and O–H groups in total. The molecule has 5 aliphatic rings. The normalized spacial score (nSPS) is 19.9. The van der Waals surface area contributed by atoms with Crippen LogP contribution in [0.4, 0.5) is 0 Å². The van der Waals surface area contributed by atoms with Crippen LogP contribution in [-0.4, -0.2) is 4.98 Å². The number of ether oxygens (including phenoxy) is 1. The van der Waals surface area contributed by atoms with E-state index in [0.29, 0.717) is 5.92 Å². The lowest BCUT2D eigenvalue weighted by Gasteiger charge is -2.50. The number of pyridine rings is 1. The van der Waals surface area contributed by atoms with Crippen molar-refractivity contribution >= 4 is 16.7 Å². The molecule has 1 aromatic heterocycles. The van der Waals surface area contributed by atoms with Crippen molar-refractivity contribution in [3.05, 3.63) is 227 Å². The second-order valence-corrected chi connectivity index (χ2v) is 16.0. The minimum atomic E-state index is -0.295. The Balaban J connectivity index is 1.08. The van der Waals surface area contributed by atoms with Gasteiger partial charge in [-0.05, 0) is 117 Å². The average Bonchev–Trinajstić information content (AvgIpc) is 3.57. The molecular weight excluding hydrogens is 691 g/mol. The Kier molecular flexibility index (Phi) is 8.07. The molecule has 0 radical (unpaired) electrons. The molecule has 0 amide bonds. The predicted molar refractivity (Wildman–Crippen MR) is 235 cm³/mol. The quantitative estimate of drug-likeness (QED) is 0.176. The molecule has 4 aliphatic carbocycles. The fourth-order valence-electron chi connectivity index (χ4n) is 10.6. The number of hydrogen-bond donors (Lipinski definition) is 0. The first-order valence-electron chi connectivity index (χ1n) is 20.5. The van der Waals surface area contributed by atoms with Gasteiger partial charge in [0, 0.05) is 17.0 Å². The van der Waals surface area contributed by atoms with Gasteiger partial charge in [0.2, 0.25) is 0 Å². The summed E-state index contributed by atoms with van der Waals surface area (Å²) in [6.45, 7) is 2.36. The molecule has 274 valence electrons. The van der Waals surface area contributed by atoms with Crippen molar-refractivity contribution in [3.63, 3.8) is 0 Å². The molecule has 2 unspecified atom stereocenters. The number of rotatable bonds is 5. The van der Waals surface area contributed by atoms with E-state index in [2.05, 4.69) is 189 Å². The number of hydrogen-bond acceptors (Lipinski definition) is 2. The van der Waals surface area contributed by atoms with Crippen LogP contribution in [0, 0.1) is 11.8 Å². The Morgan fingerprint density at radius 2 is 1.16 bits per heavy atom. The molecule has 0 bridgehead atoms. The molecule has 1 aliphatic heterocycles. The smallest absolute Gasteiger partial charge is 0.127 e. The Labute approximate surface area is 335 Å². The number of benzene rings is 5. The zero-order valence-corrected chi connectivity index (χ0v) is 32.2. The van der Waals surface area contributed by atoms with Crippen LogP contribution in [0.2, 0.25) is 0 Å². The monoisotopic (exact) mass is 733 g/mol. The van der Waals surface area contributed by atoms with Gasteiger partial charge >= 0.3 is 0 Å². The van der Waals surface area contributed by atoms with Crippen molar-refractivity contribution in [1.82, 2.24) is 4.98 Å². The third-order valence-electron chi connectivity index (χ3n) is 12.9. The van der Waals surface area contributed by atoms with Crippen molar-refractivity contribution < 1.29 is 4.74 Å². The number of allylic oxidation sites excluding steroid dienone is 11. The molecule has 1 spiro atoms. The van der Waals surface area contributed by atoms with E-state index in [1.165, 1.54) is 61.2 Å². The van der Waals surface area contributed by atoms with E-state index in [-0.39, 0.29) is 11.3 Å². The van der Waals surface area contributed by atoms with Gasteiger partial charge in [0.05, 0.1) is 16.8 Å². The standard InChI is InChI=1S/C55H43NO/c1-36-17-16-30-52-54(36)55(47-28-14-12-25-44(47)45-26-13-15-29-48(45)55)49-32-31-39(35-53(49)57-52)42-23-10-11-27-46(42)51-34-40(33-50(56-51)38-20-6-3-7-21-38)43-24-9-8-22-41(43)37-18-4-2-5-19-37/h2-7,10-30,33-36,54H,8-9,31-32H2,1H3. The van der Waals surface area contributed by atoms with Crippen LogP contribution in [-0.2, 0) is 10.2 Å². The summed E-state index contributed by atoms with van der Waals surface area (Å²) in [6.07, 6.45) is 17.8. The summed E-state index contributed by atoms with van der Waals surface area (Å²) in [5.74, 6) is 2.56. The molecule has 2 heteroatoms. The van der Waals surface area contributed by atoms with Gasteiger partial charge in [-0.3, -0.25) is 0 Å². The second-order valence-electron chi connectivity index (χ2n) is 16.0. The van der Waals surface area contributed by atoms with Gasteiger partial charge in [0.15, 0.2) is 0 Å². The molecular formula is C55H43NO. The Bertz CT molecular complexity index is 2730. The minimum absolute atomic E-state index is 0.181. The first kappa shape index (κ1) is 33.8. The fraction of sp³-hybridized carbons (Fsp3) is 0.145. The zero-order chi connectivity index (χ0) is 37.9. The Morgan fingerprint density at radius 3 is 1.86 bits per heavy atom. The van der Waals surface area contributed by atoms with Crippen LogP contribution in [0.25, 0.3) is 50.4 Å². The summed E-state index contributed by atoms with van der Waals surface area (Å²) in [4.78, 5) is 5.44. The molecule has 57 heavy (non-hydrogen) atoms. The first-order valence-corrected chi connectivity index (χ1v) is 20.5. The highest BCUT2D eigenvalue weighted by Gasteiger charge is 2.57. The zero-order valence-electron chi connectivity index (χ0n) is 32.2. The second kappa shape index (κ2) is 13.6. The van der Waals surface area contributed by atoms with E-state index >= 15 is 0 Å². The minimum Gasteiger partial charge on any atom is -0.461 e. The molecule has 0 saturated heterocycles. The van der Waals surface area contributed by atoms with Gasteiger partial charge in [-0.25, -0.2) is 4.98 Å². The van der Waals surface area contributed by atoms with Crippen LogP contribution in [0.3, 0.4) is 0 Å². The summed E-state index contributed by atoms with van der Waals surface area (Å²) >= 11 is 0. The molecule has 2 nitrogen and oxygen atoms in total. The first-order chi connectivity index (χ1) is 28.2. The summed E-state index contributed by atoms with van der Waals surface area (Å²) in [5.41, 5.74) is 18.3. The molecule has 2 atom stereocenters. The number of fused-ring (bicyclic) bond motifs is 8. The van der Waals surface area contributed by atoms with Gasteiger partial charge in [-0.2, -0.15) is 0 Å². The molecule has 5 aromatic carbocycles. The van der Waals surface area contributed by atoms with Crippen LogP contribution in [0.15, 0.2) is 199 Å². The third kappa shape index (κ3) is 5.35. The van der Waals surface area contributed by atoms with Crippen LogP contribution in [0.1, 0.15) is 60.4 Å². The highest BCUT2D eigenvalue weighted by molar-refractivity contribution is 6.06. The maximum absolute atomic E-state index is 7.09. The summed E-state index contributed by atoms with van der Waals surface area (Å²) in [6, 6.07) is 53.1. The Morgan fingerprint density at radius 1 is 0.579 bits per heavy atom. The van der Waals surface area contributed by atoms with Gasteiger partial charge in [0.1, 0.15) is 11.5 Å². The lowest BCUT2D eigenvalue weighted by molar-refractivity contribution is 0.160. The summed E-state index contributed by atoms with van der Waals surface area (Å²) in [7, 11) is 0. The molecule has 11 rings (SSSR count). The fourth-order valence-corrected chi connectivity index (χ4v) is 10.6. The van der Waals surface area contributed by atoms with Crippen molar-refractivity contribution in [2.24, 2.45) is 11.8 Å². The lowest BCUT2D eigenvalue weighted by Crippen LogP contribution is -2.46. The van der Waals surface area contributed by atoms with Crippen LogP contribution in [0.5, 0.6) is 0 Å². The highest BCUT2D eigenvalue weighted by Crippen LogP contribution is 2.64. The van der Waals surface area contributed by atoms with Crippen LogP contribution >= 0.6 is 0 Å². The predicted octanol–water partition coefficient (Wildman–Crippen LogP) is 13.8. The van der Waals surface area contributed by atoms with E-state index < -0.39 is 0 Å². The van der Waals surface area contributed by atoms with E-state index in [0.717, 1.165) is 59.7 Å². The molecule has 0 fully saturated rings. The van der Waals surface area contributed by atoms with Crippen molar-refractivity contribution in [3.8, 4) is 33.6 Å². The van der Waals surface area contributed by atoms with Gasteiger partial charge in [0.25, 0.3) is 0 Å². The maximum Gasteiger partial charge on any atom is 0.127 e. The van der Waals surface area contributed by atoms with Crippen molar-refractivity contribution in [1.29, 1.82) is 0 Å². The maximum atomic E-state index is 7.09. The summed E-state index contributed by atoms with van der Waals surface area (Å²) in [5, 5.41) is 0. The van der Waals surface area contributed by atoms with Gasteiger partial charge in [-0.15, -0.1) is 0 Å². The highest BCUT2D eigenvalue weighted by atomic mass is 16.5. The molecule has 2 heterocycles. The lowest BCUT2D eigenvalue weighted by atomic mass is 9.56. The number of aromatic nitrogens is 1. The SMILES string of the molecule is CC1C=CC=C2OC3=C(CCC(c4ccccc4-c4cc(C5=CCCC=C5c5ccccc5)cc(-c5ccccc5)n4)=C3)C3(c4ccccc4-c4ccccc43)C21. The Hall–Kier alpha value is -6.51. The van der Waals surface area contributed by atoms with Gasteiger partial charge < -0.3 is 4.74 Å². The van der Waals surface area contributed by atoms with E-state index in [1.54, 1.807) is 0 Å². The molecule has 0 saturated carbocycles. The number of nitrogens with zero attached hydrogens (tertiary/aromatic N) is 1.